The van der Waals surface area contributed by atoms with E-state index in [-0.39, 0.29) is 16.2 Å². The second-order valence-corrected chi connectivity index (χ2v) is 11.4. The molecular formula is C31H39N. The van der Waals surface area contributed by atoms with Crippen LogP contribution in [0.3, 0.4) is 0 Å². The number of rotatable bonds is 4. The summed E-state index contributed by atoms with van der Waals surface area (Å²) in [6.45, 7) is 21.4. The molecular weight excluding hydrogens is 386 g/mol. The van der Waals surface area contributed by atoms with Crippen molar-refractivity contribution in [2.75, 3.05) is 0 Å². The molecule has 0 aliphatic heterocycles. The van der Waals surface area contributed by atoms with Gasteiger partial charge < -0.3 is 0 Å². The number of aryl methyl sites for hydroxylation is 1. The lowest BCUT2D eigenvalue weighted by Gasteiger charge is -2.44. The summed E-state index contributed by atoms with van der Waals surface area (Å²) in [5, 5.41) is 0. The van der Waals surface area contributed by atoms with Gasteiger partial charge in [0.1, 0.15) is 0 Å². The van der Waals surface area contributed by atoms with E-state index in [1.165, 1.54) is 38.9 Å². The lowest BCUT2D eigenvalue weighted by molar-refractivity contribution is 0.125. The Labute approximate surface area is 195 Å². The van der Waals surface area contributed by atoms with Crippen molar-refractivity contribution in [3.63, 3.8) is 0 Å². The monoisotopic (exact) mass is 425 g/mol. The van der Waals surface area contributed by atoms with Gasteiger partial charge in [0.25, 0.3) is 0 Å². The minimum absolute atomic E-state index is 0.0909. The summed E-state index contributed by atoms with van der Waals surface area (Å²) in [6, 6.07) is 17.9. The molecule has 0 spiro atoms. The lowest BCUT2D eigenvalue weighted by Crippen LogP contribution is -2.42. The molecule has 0 radical (unpaired) electrons. The Balaban J connectivity index is 1.94. The van der Waals surface area contributed by atoms with Crippen molar-refractivity contribution in [1.29, 1.82) is 0 Å². The van der Waals surface area contributed by atoms with Gasteiger partial charge in [0.2, 0.25) is 0 Å². The van der Waals surface area contributed by atoms with Gasteiger partial charge in [-0.3, -0.25) is 4.98 Å². The standard InChI is InChI=1S/C31H39N/c1-10-20(2)23-17-26-27(30(6,7)31(8,9)29(26,4)5)18-24(23)28-16-21(3)25(19-32-28)22-14-12-11-13-15-22/h11-20H,10H2,1-9H3. The molecule has 1 atom stereocenters. The van der Waals surface area contributed by atoms with E-state index < -0.39 is 0 Å². The van der Waals surface area contributed by atoms with Crippen LogP contribution in [-0.2, 0) is 10.8 Å². The summed E-state index contributed by atoms with van der Waals surface area (Å²) in [5.41, 5.74) is 10.9. The van der Waals surface area contributed by atoms with Gasteiger partial charge in [0.15, 0.2) is 0 Å². The first-order valence-electron chi connectivity index (χ1n) is 12.1. The highest BCUT2D eigenvalue weighted by molar-refractivity contribution is 5.74. The van der Waals surface area contributed by atoms with E-state index in [1.54, 1.807) is 0 Å². The molecule has 1 aromatic heterocycles. The highest BCUT2D eigenvalue weighted by Gasteiger charge is 2.57. The minimum atomic E-state index is 0.0909. The fourth-order valence-corrected chi connectivity index (χ4v) is 5.58. The second-order valence-electron chi connectivity index (χ2n) is 11.4. The van der Waals surface area contributed by atoms with E-state index in [0.717, 1.165) is 12.1 Å². The van der Waals surface area contributed by atoms with E-state index in [9.17, 15) is 0 Å². The Morgan fingerprint density at radius 2 is 1.41 bits per heavy atom. The highest BCUT2D eigenvalue weighted by Crippen LogP contribution is 2.62. The highest BCUT2D eigenvalue weighted by atomic mass is 14.7. The van der Waals surface area contributed by atoms with E-state index in [4.69, 9.17) is 4.98 Å². The van der Waals surface area contributed by atoms with Crippen molar-refractivity contribution < 1.29 is 0 Å². The normalized spacial score (nSPS) is 18.9. The maximum Gasteiger partial charge on any atom is 0.0708 e. The zero-order valence-electron chi connectivity index (χ0n) is 21.4. The molecule has 0 bridgehead atoms. The van der Waals surface area contributed by atoms with Crippen LogP contribution in [0.15, 0.2) is 54.7 Å². The molecule has 0 fully saturated rings. The Kier molecular flexibility index (Phi) is 5.39. The van der Waals surface area contributed by atoms with Gasteiger partial charge in [-0.15, -0.1) is 0 Å². The molecule has 0 N–H and O–H groups in total. The number of pyridine rings is 1. The van der Waals surface area contributed by atoms with Gasteiger partial charge >= 0.3 is 0 Å². The van der Waals surface area contributed by atoms with Crippen molar-refractivity contribution in [3.05, 3.63) is 77.0 Å². The van der Waals surface area contributed by atoms with Crippen LogP contribution < -0.4 is 0 Å². The third-order valence-corrected chi connectivity index (χ3v) is 9.28. The minimum Gasteiger partial charge on any atom is -0.256 e. The number of nitrogens with zero attached hydrogens (tertiary/aromatic N) is 1. The second kappa shape index (κ2) is 7.58. The first-order valence-corrected chi connectivity index (χ1v) is 12.1. The van der Waals surface area contributed by atoms with Crippen molar-refractivity contribution in [2.24, 2.45) is 5.41 Å². The smallest absolute Gasteiger partial charge is 0.0708 e. The van der Waals surface area contributed by atoms with Gasteiger partial charge in [0.05, 0.1) is 5.69 Å². The van der Waals surface area contributed by atoms with Crippen LogP contribution in [0.4, 0.5) is 0 Å². The quantitative estimate of drug-likeness (QED) is 0.407. The number of hydrogen-bond donors (Lipinski definition) is 0. The molecule has 0 saturated heterocycles. The molecule has 32 heavy (non-hydrogen) atoms. The Morgan fingerprint density at radius 1 is 0.812 bits per heavy atom. The maximum absolute atomic E-state index is 5.01. The van der Waals surface area contributed by atoms with Crippen molar-refractivity contribution in [3.8, 4) is 22.4 Å². The maximum atomic E-state index is 5.01. The van der Waals surface area contributed by atoms with E-state index in [2.05, 4.69) is 117 Å². The molecule has 4 rings (SSSR count). The number of aromatic nitrogens is 1. The Morgan fingerprint density at radius 3 is 1.97 bits per heavy atom. The van der Waals surface area contributed by atoms with Crippen LogP contribution in [0.1, 0.15) is 90.0 Å². The molecule has 168 valence electrons. The average molecular weight is 426 g/mol. The first-order chi connectivity index (χ1) is 14.9. The zero-order chi connectivity index (χ0) is 23.5. The summed E-state index contributed by atoms with van der Waals surface area (Å²) in [7, 11) is 0. The van der Waals surface area contributed by atoms with Gasteiger partial charge in [-0.2, -0.15) is 0 Å². The zero-order valence-corrected chi connectivity index (χ0v) is 21.4. The van der Waals surface area contributed by atoms with E-state index in [0.29, 0.717) is 5.92 Å². The first kappa shape index (κ1) is 22.8. The van der Waals surface area contributed by atoms with Gasteiger partial charge in [-0.1, -0.05) is 91.8 Å². The largest absolute Gasteiger partial charge is 0.256 e. The van der Waals surface area contributed by atoms with Crippen LogP contribution in [0.2, 0.25) is 0 Å². The Bertz CT molecular complexity index is 1150. The molecule has 3 aromatic rings. The molecule has 2 aromatic carbocycles. The van der Waals surface area contributed by atoms with Crippen LogP contribution in [-0.4, -0.2) is 4.98 Å². The predicted octanol–water partition coefficient (Wildman–Crippen LogP) is 8.83. The number of hydrogen-bond acceptors (Lipinski definition) is 1. The number of benzene rings is 2. The summed E-state index contributed by atoms with van der Waals surface area (Å²) in [4.78, 5) is 5.01. The van der Waals surface area contributed by atoms with Crippen molar-refractivity contribution >= 4 is 0 Å². The van der Waals surface area contributed by atoms with Crippen LogP contribution in [0.25, 0.3) is 22.4 Å². The topological polar surface area (TPSA) is 12.9 Å². The summed E-state index contributed by atoms with van der Waals surface area (Å²) in [6.07, 6.45) is 3.19. The summed E-state index contributed by atoms with van der Waals surface area (Å²) >= 11 is 0. The third kappa shape index (κ3) is 3.16. The van der Waals surface area contributed by atoms with Crippen molar-refractivity contribution in [1.82, 2.24) is 4.98 Å². The molecule has 1 nitrogen and oxygen atoms in total. The SMILES string of the molecule is CCC(C)c1cc2c(cc1-c1cc(C)c(-c3ccccc3)cn1)C(C)(C)C(C)(C)C2(C)C. The molecule has 0 saturated carbocycles. The van der Waals surface area contributed by atoms with Crippen LogP contribution >= 0.6 is 0 Å². The number of fused-ring (bicyclic) bond motifs is 1. The summed E-state index contributed by atoms with van der Waals surface area (Å²) < 4.78 is 0. The molecule has 1 unspecified atom stereocenters. The molecule has 1 heterocycles. The molecule has 1 aliphatic carbocycles. The van der Waals surface area contributed by atoms with Crippen LogP contribution in [0, 0.1) is 12.3 Å². The molecule has 1 heteroatoms. The van der Waals surface area contributed by atoms with Crippen LogP contribution in [0.5, 0.6) is 0 Å². The third-order valence-electron chi connectivity index (χ3n) is 9.28. The van der Waals surface area contributed by atoms with Gasteiger partial charge in [-0.05, 0) is 75.5 Å². The van der Waals surface area contributed by atoms with E-state index >= 15 is 0 Å². The average Bonchev–Trinajstić information content (AvgIpc) is 2.87. The van der Waals surface area contributed by atoms with Crippen molar-refractivity contribution in [2.45, 2.75) is 85.5 Å². The summed E-state index contributed by atoms with van der Waals surface area (Å²) in [5.74, 6) is 0.494. The fraction of sp³-hybridized carbons (Fsp3) is 0.452. The Hall–Kier alpha value is -2.41. The molecule has 1 aliphatic rings. The van der Waals surface area contributed by atoms with E-state index in [1.807, 2.05) is 0 Å². The fourth-order valence-electron chi connectivity index (χ4n) is 5.58. The molecule has 0 amide bonds. The predicted molar refractivity (Wildman–Crippen MR) is 138 cm³/mol. The van der Waals surface area contributed by atoms with Gasteiger partial charge in [-0.25, -0.2) is 0 Å². The van der Waals surface area contributed by atoms with Gasteiger partial charge in [0, 0.05) is 17.3 Å². The lowest BCUT2D eigenvalue weighted by atomic mass is 9.59.